The van der Waals surface area contributed by atoms with E-state index in [4.69, 9.17) is 0 Å². The lowest BCUT2D eigenvalue weighted by Crippen LogP contribution is -2.35. The zero-order valence-electron chi connectivity index (χ0n) is 10.6. The number of nitrogens with zero attached hydrogens (tertiary/aromatic N) is 1. The van der Waals surface area contributed by atoms with Crippen LogP contribution in [-0.2, 0) is 24.2 Å². The summed E-state index contributed by atoms with van der Waals surface area (Å²) in [7, 11) is 0. The van der Waals surface area contributed by atoms with Gasteiger partial charge >= 0.3 is 5.97 Å². The molecular formula is C15H19NO2. The van der Waals surface area contributed by atoms with Gasteiger partial charge in [-0.1, -0.05) is 18.2 Å². The number of rotatable bonds is 3. The highest BCUT2D eigenvalue weighted by Crippen LogP contribution is 2.25. The van der Waals surface area contributed by atoms with Crippen molar-refractivity contribution in [2.75, 3.05) is 6.54 Å². The molecule has 0 amide bonds. The molecule has 3 nitrogen and oxygen atoms in total. The highest BCUT2D eigenvalue weighted by molar-refractivity contribution is 5.73. The van der Waals surface area contributed by atoms with Gasteiger partial charge in [0.05, 0.1) is 0 Å². The summed E-state index contributed by atoms with van der Waals surface area (Å²) in [6.45, 7) is 1.69. The van der Waals surface area contributed by atoms with Gasteiger partial charge in [-0.15, -0.1) is 0 Å². The molecule has 0 saturated carbocycles. The largest absolute Gasteiger partial charge is 0.480 e. The summed E-state index contributed by atoms with van der Waals surface area (Å²) in [4.78, 5) is 13.2. The molecule has 1 fully saturated rings. The molecule has 1 aliphatic carbocycles. The number of hydrogen-bond acceptors (Lipinski definition) is 2. The van der Waals surface area contributed by atoms with E-state index in [1.54, 1.807) is 0 Å². The Morgan fingerprint density at radius 2 is 2.11 bits per heavy atom. The van der Waals surface area contributed by atoms with Crippen molar-refractivity contribution in [3.63, 3.8) is 0 Å². The molecule has 3 heteroatoms. The molecule has 18 heavy (non-hydrogen) atoms. The highest BCUT2D eigenvalue weighted by Gasteiger charge is 2.30. The van der Waals surface area contributed by atoms with Crippen molar-refractivity contribution >= 4 is 5.97 Å². The van der Waals surface area contributed by atoms with Gasteiger partial charge in [-0.2, -0.15) is 0 Å². The van der Waals surface area contributed by atoms with E-state index in [2.05, 4.69) is 23.1 Å². The topological polar surface area (TPSA) is 40.5 Å². The minimum atomic E-state index is -0.673. The number of hydrogen-bond donors (Lipinski definition) is 1. The van der Waals surface area contributed by atoms with Crippen LogP contribution in [-0.4, -0.2) is 28.6 Å². The maximum Gasteiger partial charge on any atom is 0.320 e. The van der Waals surface area contributed by atoms with Crippen LogP contribution in [0.25, 0.3) is 0 Å². The first-order valence-corrected chi connectivity index (χ1v) is 6.81. The fourth-order valence-corrected chi connectivity index (χ4v) is 3.25. The molecule has 1 N–H and O–H groups in total. The van der Waals surface area contributed by atoms with Gasteiger partial charge in [0.2, 0.25) is 0 Å². The molecule has 1 aliphatic heterocycles. The molecule has 0 radical (unpaired) electrons. The van der Waals surface area contributed by atoms with Crippen molar-refractivity contribution in [1.82, 2.24) is 4.90 Å². The number of fused-ring (bicyclic) bond motifs is 1. The summed E-state index contributed by atoms with van der Waals surface area (Å²) in [5.41, 5.74) is 4.22. The molecule has 96 valence electrons. The SMILES string of the molecule is O=C(O)[C@@H]1CCCN1Cc1ccc2c(c1)CCC2. The smallest absolute Gasteiger partial charge is 0.320 e. The Hall–Kier alpha value is -1.35. The van der Waals surface area contributed by atoms with Crippen molar-refractivity contribution in [2.45, 2.75) is 44.7 Å². The molecule has 2 aliphatic rings. The summed E-state index contributed by atoms with van der Waals surface area (Å²) in [5.74, 6) is -0.673. The Morgan fingerprint density at radius 1 is 1.28 bits per heavy atom. The molecule has 0 aromatic heterocycles. The van der Waals surface area contributed by atoms with E-state index in [-0.39, 0.29) is 6.04 Å². The van der Waals surface area contributed by atoms with Gasteiger partial charge in [0, 0.05) is 6.54 Å². The van der Waals surface area contributed by atoms with Crippen molar-refractivity contribution in [1.29, 1.82) is 0 Å². The lowest BCUT2D eigenvalue weighted by Gasteiger charge is -2.21. The van der Waals surface area contributed by atoms with Crippen LogP contribution in [0.5, 0.6) is 0 Å². The minimum Gasteiger partial charge on any atom is -0.480 e. The second-order valence-corrected chi connectivity index (χ2v) is 5.42. The first-order valence-electron chi connectivity index (χ1n) is 6.81. The molecule has 1 aromatic carbocycles. The van der Waals surface area contributed by atoms with Gasteiger partial charge in [0.25, 0.3) is 0 Å². The predicted molar refractivity (Wildman–Crippen MR) is 69.5 cm³/mol. The van der Waals surface area contributed by atoms with Gasteiger partial charge in [0.1, 0.15) is 6.04 Å². The number of aliphatic carboxylic acids is 1. The zero-order valence-corrected chi connectivity index (χ0v) is 10.6. The molecule has 1 atom stereocenters. The maximum absolute atomic E-state index is 11.1. The van der Waals surface area contributed by atoms with E-state index in [9.17, 15) is 9.90 Å². The Labute approximate surface area is 107 Å². The van der Waals surface area contributed by atoms with Gasteiger partial charge in [0.15, 0.2) is 0 Å². The number of aryl methyl sites for hydroxylation is 2. The van der Waals surface area contributed by atoms with Crippen molar-refractivity contribution in [2.24, 2.45) is 0 Å². The Kier molecular flexibility index (Phi) is 3.08. The summed E-state index contributed by atoms with van der Waals surface area (Å²) >= 11 is 0. The monoisotopic (exact) mass is 245 g/mol. The van der Waals surface area contributed by atoms with Crippen molar-refractivity contribution < 1.29 is 9.90 Å². The summed E-state index contributed by atoms with van der Waals surface area (Å²) in [6.07, 6.45) is 5.45. The lowest BCUT2D eigenvalue weighted by molar-refractivity contribution is -0.142. The number of likely N-dealkylation sites (tertiary alicyclic amines) is 1. The Balaban J connectivity index is 1.74. The molecule has 0 spiro atoms. The zero-order chi connectivity index (χ0) is 12.5. The van der Waals surface area contributed by atoms with E-state index >= 15 is 0 Å². The van der Waals surface area contributed by atoms with Crippen LogP contribution in [0.3, 0.4) is 0 Å². The van der Waals surface area contributed by atoms with Gasteiger partial charge in [-0.25, -0.2) is 0 Å². The Bertz CT molecular complexity index is 470. The quantitative estimate of drug-likeness (QED) is 0.887. The van der Waals surface area contributed by atoms with Gasteiger partial charge in [-0.3, -0.25) is 9.69 Å². The van der Waals surface area contributed by atoms with E-state index in [0.717, 1.165) is 25.9 Å². The fourth-order valence-electron chi connectivity index (χ4n) is 3.25. The second kappa shape index (κ2) is 4.73. The van der Waals surface area contributed by atoms with Crippen LogP contribution in [0.2, 0.25) is 0 Å². The van der Waals surface area contributed by atoms with Gasteiger partial charge < -0.3 is 5.11 Å². The van der Waals surface area contributed by atoms with Crippen LogP contribution in [0.15, 0.2) is 18.2 Å². The third-order valence-corrected chi connectivity index (χ3v) is 4.20. The number of carboxylic acid groups (broad SMARTS) is 1. The van der Waals surface area contributed by atoms with Crippen LogP contribution >= 0.6 is 0 Å². The summed E-state index contributed by atoms with van der Waals surface area (Å²) in [6, 6.07) is 6.39. The van der Waals surface area contributed by atoms with E-state index in [1.165, 1.54) is 36.0 Å². The average Bonchev–Trinajstić information content (AvgIpc) is 2.96. The summed E-state index contributed by atoms with van der Waals surface area (Å²) < 4.78 is 0. The third kappa shape index (κ3) is 2.15. The number of benzene rings is 1. The fraction of sp³-hybridized carbons (Fsp3) is 0.533. The summed E-state index contributed by atoms with van der Waals surface area (Å²) in [5, 5.41) is 9.17. The standard InChI is InChI=1S/C15H19NO2/c17-15(18)14-5-2-8-16(14)10-11-6-7-12-3-1-4-13(12)9-11/h6-7,9,14H,1-5,8,10H2,(H,17,18)/t14-/m0/s1. The first kappa shape index (κ1) is 11.7. The Morgan fingerprint density at radius 3 is 2.94 bits per heavy atom. The molecular weight excluding hydrogens is 226 g/mol. The van der Waals surface area contributed by atoms with Crippen LogP contribution in [0.4, 0.5) is 0 Å². The normalized spacial score (nSPS) is 23.2. The lowest BCUT2D eigenvalue weighted by atomic mass is 10.1. The van der Waals surface area contributed by atoms with Crippen LogP contribution in [0.1, 0.15) is 36.0 Å². The molecule has 0 bridgehead atoms. The minimum absolute atomic E-state index is 0.279. The first-order chi connectivity index (χ1) is 8.74. The van der Waals surface area contributed by atoms with Crippen molar-refractivity contribution in [3.8, 4) is 0 Å². The molecule has 1 aromatic rings. The number of carbonyl (C=O) groups is 1. The number of carboxylic acids is 1. The van der Waals surface area contributed by atoms with E-state index in [1.807, 2.05) is 0 Å². The predicted octanol–water partition coefficient (Wildman–Crippen LogP) is 2.22. The average molecular weight is 245 g/mol. The van der Waals surface area contributed by atoms with E-state index < -0.39 is 5.97 Å². The third-order valence-electron chi connectivity index (χ3n) is 4.20. The van der Waals surface area contributed by atoms with Gasteiger partial charge in [-0.05, 0) is 55.3 Å². The molecule has 1 saturated heterocycles. The van der Waals surface area contributed by atoms with Crippen molar-refractivity contribution in [3.05, 3.63) is 34.9 Å². The van der Waals surface area contributed by atoms with E-state index in [0.29, 0.717) is 0 Å². The highest BCUT2D eigenvalue weighted by atomic mass is 16.4. The van der Waals surface area contributed by atoms with Crippen LogP contribution < -0.4 is 0 Å². The second-order valence-electron chi connectivity index (χ2n) is 5.42. The molecule has 3 rings (SSSR count). The maximum atomic E-state index is 11.1. The molecule has 0 unspecified atom stereocenters. The van der Waals surface area contributed by atoms with Crippen LogP contribution in [0, 0.1) is 0 Å². The molecule has 1 heterocycles.